The first-order chi connectivity index (χ1) is 10.7. The van der Waals surface area contributed by atoms with E-state index in [9.17, 15) is 9.59 Å². The van der Waals surface area contributed by atoms with E-state index in [1.807, 2.05) is 0 Å². The van der Waals surface area contributed by atoms with E-state index in [2.05, 4.69) is 21.6 Å². The molecule has 0 aliphatic carbocycles. The average molecular weight is 312 g/mol. The van der Waals surface area contributed by atoms with Crippen molar-refractivity contribution in [1.82, 2.24) is 0 Å². The molecule has 4 nitrogen and oxygen atoms in total. The van der Waals surface area contributed by atoms with Crippen LogP contribution in [0.25, 0.3) is 0 Å². The van der Waals surface area contributed by atoms with Gasteiger partial charge in [-0.05, 0) is 25.7 Å². The highest BCUT2D eigenvalue weighted by atomic mass is 16.5. The first-order valence-electron chi connectivity index (χ1n) is 8.49. The molecule has 0 fully saturated rings. The molecule has 0 bridgehead atoms. The van der Waals surface area contributed by atoms with Gasteiger partial charge in [-0.15, -0.1) is 0 Å². The molecular formula is C18H32O4. The largest absolute Gasteiger partial charge is 0.469 e. The second-order valence-electron chi connectivity index (χ2n) is 5.53. The zero-order valence-electron chi connectivity index (χ0n) is 14.3. The van der Waals surface area contributed by atoms with Gasteiger partial charge in [0, 0.05) is 12.8 Å². The third kappa shape index (κ3) is 15.1. The number of carbonyl (C=O) groups excluding carboxylic acids is 2. The third-order valence-electron chi connectivity index (χ3n) is 3.64. The number of hydrogen-bond donors (Lipinski definition) is 0. The zero-order chi connectivity index (χ0) is 16.5. The monoisotopic (exact) mass is 312 g/mol. The van der Waals surface area contributed by atoms with Crippen molar-refractivity contribution in [3.05, 3.63) is 12.2 Å². The highest BCUT2D eigenvalue weighted by Gasteiger charge is 1.99. The molecule has 0 radical (unpaired) electrons. The number of ether oxygens (including phenoxy) is 2. The van der Waals surface area contributed by atoms with E-state index in [0.29, 0.717) is 12.8 Å². The van der Waals surface area contributed by atoms with Crippen molar-refractivity contribution in [2.75, 3.05) is 14.2 Å². The van der Waals surface area contributed by atoms with Crippen LogP contribution in [0.15, 0.2) is 12.2 Å². The Bertz CT molecular complexity index is 310. The molecule has 4 heteroatoms. The normalized spacial score (nSPS) is 10.8. The van der Waals surface area contributed by atoms with Gasteiger partial charge in [-0.1, -0.05) is 50.7 Å². The number of carbonyl (C=O) groups is 2. The lowest BCUT2D eigenvalue weighted by Crippen LogP contribution is -1.99. The highest BCUT2D eigenvalue weighted by Crippen LogP contribution is 2.11. The van der Waals surface area contributed by atoms with Gasteiger partial charge in [0.15, 0.2) is 0 Å². The molecule has 0 aromatic heterocycles. The minimum Gasteiger partial charge on any atom is -0.469 e. The maximum atomic E-state index is 10.9. The number of unbranched alkanes of at least 4 members (excludes halogenated alkanes) is 8. The van der Waals surface area contributed by atoms with Crippen LogP contribution < -0.4 is 0 Å². The molecule has 0 heterocycles. The van der Waals surface area contributed by atoms with Crippen molar-refractivity contribution in [3.8, 4) is 0 Å². The Kier molecular flexibility index (Phi) is 15.1. The lowest BCUT2D eigenvalue weighted by Gasteiger charge is -2.01. The fraction of sp³-hybridized carbons (Fsp3) is 0.778. The molecule has 0 amide bonds. The molecule has 0 N–H and O–H groups in total. The number of methoxy groups -OCH3 is 2. The van der Waals surface area contributed by atoms with E-state index in [1.54, 1.807) is 0 Å². The summed E-state index contributed by atoms with van der Waals surface area (Å²) in [6, 6.07) is 0. The van der Waals surface area contributed by atoms with Crippen LogP contribution in [-0.2, 0) is 19.1 Å². The van der Waals surface area contributed by atoms with E-state index < -0.39 is 0 Å². The molecule has 0 aliphatic heterocycles. The summed E-state index contributed by atoms with van der Waals surface area (Å²) in [5.41, 5.74) is 0. The Hall–Kier alpha value is -1.32. The SMILES string of the molecule is COC(=O)CC/C=C/CCCCCCCCCCC(=O)OC. The second-order valence-corrected chi connectivity index (χ2v) is 5.53. The lowest BCUT2D eigenvalue weighted by atomic mass is 10.1. The second kappa shape index (κ2) is 16.1. The van der Waals surface area contributed by atoms with E-state index >= 15 is 0 Å². The number of allylic oxidation sites excluding steroid dienone is 2. The predicted octanol–water partition coefficient (Wildman–Crippen LogP) is 4.57. The van der Waals surface area contributed by atoms with E-state index in [1.165, 1.54) is 52.7 Å². The summed E-state index contributed by atoms with van der Waals surface area (Å²) in [4.78, 5) is 21.8. The van der Waals surface area contributed by atoms with Gasteiger partial charge in [-0.3, -0.25) is 9.59 Å². The minimum absolute atomic E-state index is 0.0976. The van der Waals surface area contributed by atoms with E-state index in [4.69, 9.17) is 0 Å². The van der Waals surface area contributed by atoms with E-state index in [0.717, 1.165) is 25.7 Å². The first kappa shape index (κ1) is 20.7. The summed E-state index contributed by atoms with van der Waals surface area (Å²) in [5, 5.41) is 0. The van der Waals surface area contributed by atoms with Gasteiger partial charge in [0.1, 0.15) is 0 Å². The van der Waals surface area contributed by atoms with Gasteiger partial charge in [0.2, 0.25) is 0 Å². The maximum absolute atomic E-state index is 10.9. The topological polar surface area (TPSA) is 52.6 Å². The Balaban J connectivity index is 3.15. The van der Waals surface area contributed by atoms with Gasteiger partial charge >= 0.3 is 11.9 Å². The molecule has 0 spiro atoms. The van der Waals surface area contributed by atoms with Crippen molar-refractivity contribution in [2.45, 2.75) is 77.0 Å². The number of hydrogen-bond acceptors (Lipinski definition) is 4. The van der Waals surface area contributed by atoms with E-state index in [-0.39, 0.29) is 11.9 Å². The highest BCUT2D eigenvalue weighted by molar-refractivity contribution is 5.69. The van der Waals surface area contributed by atoms with Crippen molar-refractivity contribution < 1.29 is 19.1 Å². The lowest BCUT2D eigenvalue weighted by molar-refractivity contribution is -0.141. The number of rotatable bonds is 14. The van der Waals surface area contributed by atoms with Crippen LogP contribution in [0, 0.1) is 0 Å². The molecule has 0 aromatic rings. The molecule has 128 valence electrons. The summed E-state index contributed by atoms with van der Waals surface area (Å²) in [6.45, 7) is 0. The predicted molar refractivity (Wildman–Crippen MR) is 88.6 cm³/mol. The van der Waals surface area contributed by atoms with Crippen molar-refractivity contribution in [2.24, 2.45) is 0 Å². The fourth-order valence-electron chi connectivity index (χ4n) is 2.23. The summed E-state index contributed by atoms with van der Waals surface area (Å²) in [5.74, 6) is -0.240. The van der Waals surface area contributed by atoms with Gasteiger partial charge < -0.3 is 9.47 Å². The van der Waals surface area contributed by atoms with Crippen molar-refractivity contribution >= 4 is 11.9 Å². The molecule has 0 saturated carbocycles. The smallest absolute Gasteiger partial charge is 0.305 e. The first-order valence-corrected chi connectivity index (χ1v) is 8.49. The third-order valence-corrected chi connectivity index (χ3v) is 3.64. The Labute approximate surface area is 135 Å². The molecule has 0 aliphatic rings. The van der Waals surface area contributed by atoms with Crippen LogP contribution >= 0.6 is 0 Å². The summed E-state index contributed by atoms with van der Waals surface area (Å²) < 4.78 is 9.19. The molecule has 0 unspecified atom stereocenters. The molecule has 0 atom stereocenters. The molecule has 22 heavy (non-hydrogen) atoms. The number of esters is 2. The molecular weight excluding hydrogens is 280 g/mol. The van der Waals surface area contributed by atoms with Crippen LogP contribution in [0.1, 0.15) is 77.0 Å². The van der Waals surface area contributed by atoms with Crippen molar-refractivity contribution in [1.29, 1.82) is 0 Å². The summed E-state index contributed by atoms with van der Waals surface area (Å²) >= 11 is 0. The van der Waals surface area contributed by atoms with Gasteiger partial charge in [0.05, 0.1) is 14.2 Å². The van der Waals surface area contributed by atoms with Crippen LogP contribution in [0.4, 0.5) is 0 Å². The summed E-state index contributed by atoms with van der Waals surface area (Å²) in [7, 11) is 2.86. The fourth-order valence-corrected chi connectivity index (χ4v) is 2.23. The molecule has 0 rings (SSSR count). The Morgan fingerprint density at radius 2 is 1.09 bits per heavy atom. The van der Waals surface area contributed by atoms with Gasteiger partial charge in [0.25, 0.3) is 0 Å². The molecule has 0 saturated heterocycles. The minimum atomic E-state index is -0.142. The van der Waals surface area contributed by atoms with Gasteiger partial charge in [-0.25, -0.2) is 0 Å². The van der Waals surface area contributed by atoms with Crippen LogP contribution in [0.2, 0.25) is 0 Å². The van der Waals surface area contributed by atoms with Crippen LogP contribution in [0.5, 0.6) is 0 Å². The zero-order valence-corrected chi connectivity index (χ0v) is 14.3. The maximum Gasteiger partial charge on any atom is 0.305 e. The summed E-state index contributed by atoms with van der Waals surface area (Å²) in [6.07, 6.45) is 16.7. The van der Waals surface area contributed by atoms with Gasteiger partial charge in [-0.2, -0.15) is 0 Å². The Morgan fingerprint density at radius 3 is 1.68 bits per heavy atom. The quantitative estimate of drug-likeness (QED) is 0.268. The van der Waals surface area contributed by atoms with Crippen LogP contribution in [-0.4, -0.2) is 26.2 Å². The van der Waals surface area contributed by atoms with Crippen molar-refractivity contribution in [3.63, 3.8) is 0 Å². The Morgan fingerprint density at radius 1 is 0.636 bits per heavy atom. The molecule has 0 aromatic carbocycles. The van der Waals surface area contributed by atoms with Crippen LogP contribution in [0.3, 0.4) is 0 Å². The average Bonchev–Trinajstić information content (AvgIpc) is 2.54. The standard InChI is InChI=1S/C18H32O4/c1-21-17(19)15-13-11-9-7-5-3-4-6-8-10-12-14-16-18(20)22-2/h9,11H,3-8,10,12-16H2,1-2H3/b11-9+.